The number of aliphatic imine (C=N–C) groups is 1. The molecule has 0 unspecified atom stereocenters. The molecule has 30 heavy (non-hydrogen) atoms. The molecule has 0 saturated heterocycles. The zero-order valence-corrected chi connectivity index (χ0v) is 20.9. The lowest BCUT2D eigenvalue weighted by molar-refractivity contribution is -0.127. The maximum atomic E-state index is 11.8. The van der Waals surface area contributed by atoms with Crippen LogP contribution in [0.25, 0.3) is 0 Å². The molecule has 0 aliphatic heterocycles. The van der Waals surface area contributed by atoms with E-state index in [2.05, 4.69) is 27.1 Å². The van der Waals surface area contributed by atoms with Crippen LogP contribution < -0.4 is 15.4 Å². The SMILES string of the molecule is COc1ccc(COCCNC(=NCC(=O)N(C)C)NCCc2cccs2)cc1.I. The molecule has 0 fully saturated rings. The molecule has 0 aliphatic carbocycles. The Bertz CT molecular complexity index is 752. The molecular weight excluding hydrogens is 515 g/mol. The van der Waals surface area contributed by atoms with E-state index in [-0.39, 0.29) is 36.4 Å². The van der Waals surface area contributed by atoms with Crippen LogP contribution in [0.1, 0.15) is 10.4 Å². The highest BCUT2D eigenvalue weighted by Gasteiger charge is 2.05. The first-order chi connectivity index (χ1) is 14.1. The number of nitrogens with zero attached hydrogens (tertiary/aromatic N) is 2. The number of hydrogen-bond acceptors (Lipinski definition) is 5. The fraction of sp³-hybridized carbons (Fsp3) is 0.429. The van der Waals surface area contributed by atoms with Gasteiger partial charge in [-0.15, -0.1) is 35.3 Å². The summed E-state index contributed by atoms with van der Waals surface area (Å²) >= 11 is 1.73. The van der Waals surface area contributed by atoms with Crippen LogP contribution in [0.5, 0.6) is 5.75 Å². The summed E-state index contributed by atoms with van der Waals surface area (Å²) in [6, 6.07) is 12.0. The first-order valence-electron chi connectivity index (χ1n) is 9.54. The maximum absolute atomic E-state index is 11.8. The molecule has 9 heteroatoms. The molecule has 1 aromatic heterocycles. The number of hydrogen-bond donors (Lipinski definition) is 2. The van der Waals surface area contributed by atoms with E-state index in [4.69, 9.17) is 9.47 Å². The summed E-state index contributed by atoms with van der Waals surface area (Å²) in [5, 5.41) is 8.57. The number of carbonyl (C=O) groups is 1. The number of methoxy groups -OCH3 is 1. The van der Waals surface area contributed by atoms with Gasteiger partial charge < -0.3 is 25.0 Å². The van der Waals surface area contributed by atoms with E-state index in [1.165, 1.54) is 9.78 Å². The third-order valence-electron chi connectivity index (χ3n) is 4.08. The van der Waals surface area contributed by atoms with Crippen molar-refractivity contribution in [2.45, 2.75) is 13.0 Å². The van der Waals surface area contributed by atoms with Crippen molar-refractivity contribution in [3.63, 3.8) is 0 Å². The maximum Gasteiger partial charge on any atom is 0.243 e. The third-order valence-corrected chi connectivity index (χ3v) is 5.02. The zero-order chi connectivity index (χ0) is 20.9. The minimum atomic E-state index is -0.0416. The summed E-state index contributed by atoms with van der Waals surface area (Å²) in [6.45, 7) is 2.50. The van der Waals surface area contributed by atoms with E-state index in [9.17, 15) is 4.79 Å². The second-order valence-electron chi connectivity index (χ2n) is 6.54. The van der Waals surface area contributed by atoms with E-state index in [1.54, 1.807) is 32.5 Å². The van der Waals surface area contributed by atoms with Crippen LogP contribution >= 0.6 is 35.3 Å². The molecule has 0 aliphatic rings. The Morgan fingerprint density at radius 2 is 1.87 bits per heavy atom. The van der Waals surface area contributed by atoms with Crippen molar-refractivity contribution >= 4 is 47.2 Å². The largest absolute Gasteiger partial charge is 0.497 e. The fourth-order valence-electron chi connectivity index (χ4n) is 2.37. The number of nitrogens with one attached hydrogen (secondary N) is 2. The Hall–Kier alpha value is -1.85. The Morgan fingerprint density at radius 3 is 2.50 bits per heavy atom. The number of benzene rings is 1. The van der Waals surface area contributed by atoms with Crippen LogP contribution in [0, 0.1) is 0 Å². The van der Waals surface area contributed by atoms with E-state index < -0.39 is 0 Å². The van der Waals surface area contributed by atoms with Crippen molar-refractivity contribution < 1.29 is 14.3 Å². The van der Waals surface area contributed by atoms with Crippen molar-refractivity contribution in [1.82, 2.24) is 15.5 Å². The minimum absolute atomic E-state index is 0. The molecule has 2 aromatic rings. The topological polar surface area (TPSA) is 75.2 Å². The summed E-state index contributed by atoms with van der Waals surface area (Å²) in [4.78, 5) is 19.0. The number of likely N-dealkylation sites (N-methyl/N-ethyl adjacent to an activating group) is 1. The molecule has 0 radical (unpaired) electrons. The van der Waals surface area contributed by atoms with Crippen LogP contribution in [0.2, 0.25) is 0 Å². The summed E-state index contributed by atoms with van der Waals surface area (Å²) in [5.41, 5.74) is 1.09. The van der Waals surface area contributed by atoms with Crippen molar-refractivity contribution in [3.05, 3.63) is 52.2 Å². The Labute approximate surface area is 199 Å². The van der Waals surface area contributed by atoms with Crippen LogP contribution in [0.15, 0.2) is 46.8 Å². The van der Waals surface area contributed by atoms with Gasteiger partial charge in [-0.25, -0.2) is 4.99 Å². The molecule has 2 N–H and O–H groups in total. The average Bonchev–Trinajstić information content (AvgIpc) is 3.24. The number of amides is 1. The van der Waals surface area contributed by atoms with E-state index in [1.807, 2.05) is 30.3 Å². The van der Waals surface area contributed by atoms with Gasteiger partial charge in [-0.05, 0) is 35.6 Å². The van der Waals surface area contributed by atoms with Gasteiger partial charge in [-0.2, -0.15) is 0 Å². The Morgan fingerprint density at radius 1 is 1.13 bits per heavy atom. The standard InChI is InChI=1S/C21H30N4O3S.HI/c1-25(2)20(26)15-24-21(22-11-10-19-5-4-14-29-19)23-12-13-28-16-17-6-8-18(27-3)9-7-17;/h4-9,14H,10-13,15-16H2,1-3H3,(H2,22,23,24);1H. The van der Waals surface area contributed by atoms with Crippen LogP contribution in [-0.2, 0) is 22.6 Å². The number of halogens is 1. The molecule has 1 aromatic carbocycles. The number of thiophene rings is 1. The van der Waals surface area contributed by atoms with Crippen LogP contribution in [0.4, 0.5) is 0 Å². The fourth-order valence-corrected chi connectivity index (χ4v) is 3.08. The lowest BCUT2D eigenvalue weighted by atomic mass is 10.2. The average molecular weight is 546 g/mol. The number of rotatable bonds is 11. The zero-order valence-electron chi connectivity index (χ0n) is 17.7. The molecule has 2 rings (SSSR count). The summed E-state index contributed by atoms with van der Waals surface area (Å²) < 4.78 is 10.9. The van der Waals surface area contributed by atoms with Gasteiger partial charge in [0.1, 0.15) is 12.3 Å². The van der Waals surface area contributed by atoms with Crippen molar-refractivity contribution in [2.75, 3.05) is 47.4 Å². The molecular formula is C21H31IN4O3S. The van der Waals surface area contributed by atoms with E-state index in [0.717, 1.165) is 24.3 Å². The monoisotopic (exact) mass is 546 g/mol. The molecule has 0 spiro atoms. The van der Waals surface area contributed by atoms with Gasteiger partial charge >= 0.3 is 0 Å². The van der Waals surface area contributed by atoms with Crippen molar-refractivity contribution in [2.24, 2.45) is 4.99 Å². The summed E-state index contributed by atoms with van der Waals surface area (Å²) in [7, 11) is 5.10. The van der Waals surface area contributed by atoms with Crippen LogP contribution in [-0.4, -0.2) is 64.2 Å². The van der Waals surface area contributed by atoms with Gasteiger partial charge in [0, 0.05) is 32.1 Å². The first kappa shape index (κ1) is 26.2. The lowest BCUT2D eigenvalue weighted by Crippen LogP contribution is -2.40. The number of carbonyl (C=O) groups excluding carboxylic acids is 1. The van der Waals surface area contributed by atoms with Crippen molar-refractivity contribution in [3.8, 4) is 5.75 Å². The number of ether oxygens (including phenoxy) is 2. The normalized spacial score (nSPS) is 10.8. The Balaban J connectivity index is 0.00000450. The highest BCUT2D eigenvalue weighted by atomic mass is 127. The molecule has 7 nitrogen and oxygen atoms in total. The van der Waals surface area contributed by atoms with E-state index in [0.29, 0.717) is 25.7 Å². The van der Waals surface area contributed by atoms with Gasteiger partial charge in [0.15, 0.2) is 5.96 Å². The second kappa shape index (κ2) is 15.0. The highest BCUT2D eigenvalue weighted by Crippen LogP contribution is 2.11. The van der Waals surface area contributed by atoms with Gasteiger partial charge in [0.2, 0.25) is 5.91 Å². The predicted molar refractivity (Wildman–Crippen MR) is 133 cm³/mol. The molecule has 166 valence electrons. The van der Waals surface area contributed by atoms with E-state index >= 15 is 0 Å². The van der Waals surface area contributed by atoms with Gasteiger partial charge in [0.25, 0.3) is 0 Å². The van der Waals surface area contributed by atoms with Gasteiger partial charge in [-0.3, -0.25) is 4.79 Å². The summed E-state index contributed by atoms with van der Waals surface area (Å²) in [6.07, 6.45) is 0.911. The van der Waals surface area contributed by atoms with Crippen LogP contribution in [0.3, 0.4) is 0 Å². The molecule has 1 heterocycles. The quantitative estimate of drug-likeness (QED) is 0.196. The smallest absolute Gasteiger partial charge is 0.243 e. The van der Waals surface area contributed by atoms with Gasteiger partial charge in [-0.1, -0.05) is 18.2 Å². The second-order valence-corrected chi connectivity index (χ2v) is 7.57. The predicted octanol–water partition coefficient (Wildman–Crippen LogP) is 2.76. The Kier molecular flexibility index (Phi) is 13.1. The van der Waals surface area contributed by atoms with Crippen molar-refractivity contribution in [1.29, 1.82) is 0 Å². The lowest BCUT2D eigenvalue weighted by Gasteiger charge is -2.14. The summed E-state index contributed by atoms with van der Waals surface area (Å²) in [5.74, 6) is 1.40. The molecule has 1 amide bonds. The minimum Gasteiger partial charge on any atom is -0.497 e. The first-order valence-corrected chi connectivity index (χ1v) is 10.4. The third kappa shape index (κ3) is 10.3. The van der Waals surface area contributed by atoms with Gasteiger partial charge in [0.05, 0.1) is 20.3 Å². The molecule has 0 atom stereocenters. The molecule has 0 bridgehead atoms. The number of guanidine groups is 1. The molecule has 0 saturated carbocycles. The highest BCUT2D eigenvalue weighted by molar-refractivity contribution is 14.0.